The second-order valence-electron chi connectivity index (χ2n) is 3.44. The molecule has 0 N–H and O–H groups in total. The molecule has 18 heavy (non-hydrogen) atoms. The molecule has 0 fully saturated rings. The highest BCUT2D eigenvalue weighted by Gasteiger charge is 2.32. The molecule has 1 rings (SSSR count). The molecule has 0 spiro atoms. The first-order valence-electron chi connectivity index (χ1n) is 4.97. The van der Waals surface area contributed by atoms with Crippen molar-refractivity contribution in [2.45, 2.75) is 13.1 Å². The van der Waals surface area contributed by atoms with Crippen molar-refractivity contribution in [1.82, 2.24) is 0 Å². The molecule has 1 aromatic carbocycles. The van der Waals surface area contributed by atoms with Gasteiger partial charge in [-0.05, 0) is 17.7 Å². The first-order valence-corrected chi connectivity index (χ1v) is 6.75. The summed E-state index contributed by atoms with van der Waals surface area (Å²) in [5, 5.41) is -0.0218. The molecule has 0 aromatic heterocycles. The summed E-state index contributed by atoms with van der Waals surface area (Å²) in [6.45, 7) is 1.44. The van der Waals surface area contributed by atoms with Crippen LogP contribution in [0.15, 0.2) is 28.7 Å². The zero-order chi connectivity index (χ0) is 13.8. The fourth-order valence-electron chi connectivity index (χ4n) is 1.21. The van der Waals surface area contributed by atoms with Gasteiger partial charge in [0.1, 0.15) is 0 Å². The largest absolute Gasteiger partial charge is 0.417 e. The number of halogens is 4. The Balaban J connectivity index is 2.83. The van der Waals surface area contributed by atoms with Crippen molar-refractivity contribution >= 4 is 38.9 Å². The standard InChI is InChI=1S/C12H10BrF3OS/c1-8(17)18-6-2-3-9-4-5-11(13)10(7-9)12(14,15)16/h2-5,7H,6H2,1H3. The fraction of sp³-hybridized carbons (Fsp3) is 0.250. The van der Waals surface area contributed by atoms with Crippen LogP contribution in [0.2, 0.25) is 0 Å². The predicted octanol–water partition coefficient (Wildman–Crippen LogP) is 4.76. The number of carbonyl (C=O) groups excluding carboxylic acids is 1. The molecule has 0 unspecified atom stereocenters. The van der Waals surface area contributed by atoms with E-state index in [0.717, 1.165) is 17.8 Å². The number of benzene rings is 1. The molecule has 0 aliphatic rings. The Hall–Kier alpha value is -0.750. The average Bonchev–Trinajstić information content (AvgIpc) is 2.24. The van der Waals surface area contributed by atoms with Gasteiger partial charge in [0.2, 0.25) is 0 Å². The van der Waals surface area contributed by atoms with Crippen LogP contribution in [0.3, 0.4) is 0 Å². The molecule has 1 aromatic rings. The molecule has 0 heterocycles. The van der Waals surface area contributed by atoms with E-state index in [1.165, 1.54) is 13.0 Å². The monoisotopic (exact) mass is 338 g/mol. The van der Waals surface area contributed by atoms with Gasteiger partial charge in [0, 0.05) is 17.1 Å². The molecular weight excluding hydrogens is 329 g/mol. The van der Waals surface area contributed by atoms with Crippen LogP contribution in [0, 0.1) is 0 Å². The van der Waals surface area contributed by atoms with Crippen LogP contribution in [-0.2, 0) is 11.0 Å². The summed E-state index contributed by atoms with van der Waals surface area (Å²) >= 11 is 3.98. The molecule has 6 heteroatoms. The van der Waals surface area contributed by atoms with Crippen molar-refractivity contribution in [1.29, 1.82) is 0 Å². The molecule has 98 valence electrons. The Morgan fingerprint density at radius 2 is 2.11 bits per heavy atom. The number of hydrogen-bond acceptors (Lipinski definition) is 2. The van der Waals surface area contributed by atoms with Gasteiger partial charge in [-0.3, -0.25) is 4.79 Å². The number of rotatable bonds is 3. The lowest BCUT2D eigenvalue weighted by atomic mass is 10.1. The van der Waals surface area contributed by atoms with Gasteiger partial charge in [-0.25, -0.2) is 0 Å². The highest BCUT2D eigenvalue weighted by molar-refractivity contribution is 9.10. The first-order chi connectivity index (χ1) is 8.30. The maximum atomic E-state index is 12.6. The lowest BCUT2D eigenvalue weighted by Gasteiger charge is -2.09. The van der Waals surface area contributed by atoms with Gasteiger partial charge in [-0.15, -0.1) is 0 Å². The Morgan fingerprint density at radius 1 is 1.44 bits per heavy atom. The zero-order valence-corrected chi connectivity index (χ0v) is 11.8. The van der Waals surface area contributed by atoms with E-state index in [4.69, 9.17) is 0 Å². The van der Waals surface area contributed by atoms with Crippen molar-refractivity contribution in [2.24, 2.45) is 0 Å². The molecular formula is C12H10BrF3OS. The van der Waals surface area contributed by atoms with Gasteiger partial charge in [-0.2, -0.15) is 13.2 Å². The topological polar surface area (TPSA) is 17.1 Å². The normalized spacial score (nSPS) is 12.1. The fourth-order valence-corrected chi connectivity index (χ4v) is 2.11. The third-order valence-electron chi connectivity index (χ3n) is 1.99. The van der Waals surface area contributed by atoms with E-state index in [-0.39, 0.29) is 9.59 Å². The summed E-state index contributed by atoms with van der Waals surface area (Å²) in [5.74, 6) is 0.451. The quantitative estimate of drug-likeness (QED) is 0.790. The lowest BCUT2D eigenvalue weighted by molar-refractivity contribution is -0.138. The van der Waals surface area contributed by atoms with E-state index in [0.29, 0.717) is 11.3 Å². The third-order valence-corrected chi connectivity index (χ3v) is 3.45. The SMILES string of the molecule is CC(=O)SCC=Cc1ccc(Br)c(C(F)(F)F)c1. The van der Waals surface area contributed by atoms with Crippen LogP contribution < -0.4 is 0 Å². The van der Waals surface area contributed by atoms with Gasteiger partial charge in [0.25, 0.3) is 0 Å². The summed E-state index contributed by atoms with van der Waals surface area (Å²) in [7, 11) is 0. The third kappa shape index (κ3) is 4.86. The number of thioether (sulfide) groups is 1. The maximum Gasteiger partial charge on any atom is 0.417 e. The van der Waals surface area contributed by atoms with Gasteiger partial charge in [-0.1, -0.05) is 45.9 Å². The summed E-state index contributed by atoms with van der Waals surface area (Å²) < 4.78 is 37.9. The minimum atomic E-state index is -4.38. The molecule has 0 amide bonds. The minimum Gasteiger partial charge on any atom is -0.288 e. The van der Waals surface area contributed by atoms with Crippen molar-refractivity contribution in [3.63, 3.8) is 0 Å². The van der Waals surface area contributed by atoms with Crippen molar-refractivity contribution in [2.75, 3.05) is 5.75 Å². The van der Waals surface area contributed by atoms with Crippen LogP contribution >= 0.6 is 27.7 Å². The van der Waals surface area contributed by atoms with Crippen molar-refractivity contribution in [3.05, 3.63) is 39.9 Å². The van der Waals surface area contributed by atoms with E-state index in [9.17, 15) is 18.0 Å². The smallest absolute Gasteiger partial charge is 0.288 e. The Labute approximate surface area is 116 Å². The van der Waals surface area contributed by atoms with Crippen LogP contribution in [0.5, 0.6) is 0 Å². The molecule has 0 aliphatic heterocycles. The average molecular weight is 339 g/mol. The molecule has 0 aliphatic carbocycles. The first kappa shape index (κ1) is 15.3. The van der Waals surface area contributed by atoms with Crippen LogP contribution in [0.4, 0.5) is 13.2 Å². The number of hydrogen-bond donors (Lipinski definition) is 0. The Bertz CT molecular complexity index is 469. The highest BCUT2D eigenvalue weighted by atomic mass is 79.9. The van der Waals surface area contributed by atoms with Crippen molar-refractivity contribution in [3.8, 4) is 0 Å². The Morgan fingerprint density at radius 3 is 2.67 bits per heavy atom. The molecule has 0 saturated carbocycles. The summed E-state index contributed by atoms with van der Waals surface area (Å²) in [4.78, 5) is 10.7. The number of alkyl halides is 3. The lowest BCUT2D eigenvalue weighted by Crippen LogP contribution is -2.06. The predicted molar refractivity (Wildman–Crippen MR) is 71.3 cm³/mol. The second kappa shape index (κ2) is 6.43. The van der Waals surface area contributed by atoms with Crippen LogP contribution in [0.25, 0.3) is 6.08 Å². The van der Waals surface area contributed by atoms with Crippen molar-refractivity contribution < 1.29 is 18.0 Å². The molecule has 0 radical (unpaired) electrons. The van der Waals surface area contributed by atoms with Gasteiger partial charge >= 0.3 is 6.18 Å². The Kier molecular flexibility index (Phi) is 5.47. The zero-order valence-electron chi connectivity index (χ0n) is 9.42. The summed E-state index contributed by atoms with van der Waals surface area (Å²) in [6.07, 6.45) is -1.15. The molecule has 0 bridgehead atoms. The van der Waals surface area contributed by atoms with Gasteiger partial charge in [0.15, 0.2) is 5.12 Å². The second-order valence-corrected chi connectivity index (χ2v) is 5.49. The maximum absolute atomic E-state index is 12.6. The van der Waals surface area contributed by atoms with E-state index in [2.05, 4.69) is 15.9 Å². The minimum absolute atomic E-state index is 0.0188. The van der Waals surface area contributed by atoms with Gasteiger partial charge in [0.05, 0.1) is 5.56 Å². The molecule has 0 atom stereocenters. The van der Waals surface area contributed by atoms with E-state index in [1.807, 2.05) is 0 Å². The highest BCUT2D eigenvalue weighted by Crippen LogP contribution is 2.35. The molecule has 0 saturated heterocycles. The summed E-state index contributed by atoms with van der Waals surface area (Å²) in [5.41, 5.74) is -0.251. The summed E-state index contributed by atoms with van der Waals surface area (Å²) in [6, 6.07) is 4.01. The molecule has 1 nitrogen and oxygen atoms in total. The van der Waals surface area contributed by atoms with Crippen LogP contribution in [-0.4, -0.2) is 10.9 Å². The van der Waals surface area contributed by atoms with Gasteiger partial charge < -0.3 is 0 Å². The number of carbonyl (C=O) groups is 1. The van der Waals surface area contributed by atoms with Crippen LogP contribution in [0.1, 0.15) is 18.1 Å². The van der Waals surface area contributed by atoms with E-state index in [1.54, 1.807) is 18.2 Å². The van der Waals surface area contributed by atoms with E-state index < -0.39 is 11.7 Å². The van der Waals surface area contributed by atoms with E-state index >= 15 is 0 Å².